The molecule has 1 aromatic carbocycles. The summed E-state index contributed by atoms with van der Waals surface area (Å²) in [7, 11) is 0. The number of nitro groups is 1. The van der Waals surface area contributed by atoms with Crippen LogP contribution in [0.3, 0.4) is 0 Å². The third-order valence-corrected chi connectivity index (χ3v) is 2.32. The molecular weight excluding hydrogens is 274 g/mol. The first-order chi connectivity index (χ1) is 9.51. The number of nitro benzene ring substituents is 1. The molecule has 0 aliphatic heterocycles. The third-order valence-electron chi connectivity index (χ3n) is 2.32. The smallest absolute Gasteiger partial charge is 0.321 e. The molecule has 0 saturated heterocycles. The molecule has 104 valence electrons. The van der Waals surface area contributed by atoms with Gasteiger partial charge in [0.1, 0.15) is 0 Å². The summed E-state index contributed by atoms with van der Waals surface area (Å²) in [6.07, 6.45) is 2.73. The number of ether oxygens (including phenoxy) is 1. The van der Waals surface area contributed by atoms with Crippen LogP contribution in [0.5, 0.6) is 11.8 Å². The predicted molar refractivity (Wildman–Crippen MR) is 63.0 cm³/mol. The van der Waals surface area contributed by atoms with Crippen molar-refractivity contribution in [2.75, 3.05) is 0 Å². The van der Waals surface area contributed by atoms with Gasteiger partial charge in [0.2, 0.25) is 5.82 Å². The van der Waals surface area contributed by atoms with Crippen LogP contribution in [0.25, 0.3) is 0 Å². The molecule has 0 spiro atoms. The lowest BCUT2D eigenvalue weighted by Gasteiger charge is -2.05. The molecule has 0 aliphatic carbocycles. The van der Waals surface area contributed by atoms with E-state index in [0.29, 0.717) is 17.7 Å². The summed E-state index contributed by atoms with van der Waals surface area (Å²) in [6.45, 7) is 0.223. The van der Waals surface area contributed by atoms with E-state index in [4.69, 9.17) is 10.5 Å². The maximum atomic E-state index is 13.5. The van der Waals surface area contributed by atoms with Crippen molar-refractivity contribution in [3.8, 4) is 11.8 Å². The van der Waals surface area contributed by atoms with Gasteiger partial charge in [-0.25, -0.2) is 14.4 Å². The minimum absolute atomic E-state index is 0.223. The van der Waals surface area contributed by atoms with Gasteiger partial charge in [-0.3, -0.25) is 10.1 Å². The summed E-state index contributed by atoms with van der Waals surface area (Å²) >= 11 is 0. The monoisotopic (exact) mass is 282 g/mol. The zero-order valence-corrected chi connectivity index (χ0v) is 9.92. The van der Waals surface area contributed by atoms with Crippen LogP contribution in [-0.4, -0.2) is 14.9 Å². The molecule has 0 atom stereocenters. The highest BCUT2D eigenvalue weighted by Gasteiger charge is 2.20. The van der Waals surface area contributed by atoms with Gasteiger partial charge in [0.25, 0.3) is 0 Å². The maximum absolute atomic E-state index is 13.5. The fourth-order valence-electron chi connectivity index (χ4n) is 1.34. The third kappa shape index (κ3) is 2.83. The fourth-order valence-corrected chi connectivity index (χ4v) is 1.34. The topological polar surface area (TPSA) is 104 Å². The summed E-state index contributed by atoms with van der Waals surface area (Å²) in [5, 5.41) is 10.4. The lowest BCUT2D eigenvalue weighted by molar-refractivity contribution is -0.387. The van der Waals surface area contributed by atoms with E-state index in [1.165, 1.54) is 12.4 Å². The molecule has 0 amide bonds. The van der Waals surface area contributed by atoms with Gasteiger partial charge in [0, 0.05) is 30.6 Å². The number of halogens is 2. The van der Waals surface area contributed by atoms with E-state index in [1.54, 1.807) is 0 Å². The van der Waals surface area contributed by atoms with Gasteiger partial charge in [-0.2, -0.15) is 4.39 Å². The van der Waals surface area contributed by atoms with Crippen LogP contribution in [0, 0.1) is 21.7 Å². The molecule has 0 bridgehead atoms. The number of nitrogens with two attached hydrogens (primary N) is 1. The van der Waals surface area contributed by atoms with Crippen molar-refractivity contribution in [2.24, 2.45) is 5.73 Å². The molecular formula is C11H8F2N4O3. The first kappa shape index (κ1) is 13.7. The van der Waals surface area contributed by atoms with Gasteiger partial charge in [-0.15, -0.1) is 0 Å². The second-order valence-corrected chi connectivity index (χ2v) is 3.67. The quantitative estimate of drug-likeness (QED) is 0.678. The predicted octanol–water partition coefficient (Wildman–Crippen LogP) is 1.91. The van der Waals surface area contributed by atoms with E-state index < -0.39 is 28.0 Å². The van der Waals surface area contributed by atoms with Crippen LogP contribution in [0.1, 0.15) is 5.56 Å². The molecule has 2 aromatic rings. The Hall–Kier alpha value is -2.68. The summed E-state index contributed by atoms with van der Waals surface area (Å²) < 4.78 is 31.8. The standard InChI is InChI=1S/C11H8F2N4O3/c12-7-2-10(8(13)1-9(7)17(18)19)20-11-15-4-6(3-14)5-16-11/h1-2,4-5H,3,14H2. The van der Waals surface area contributed by atoms with E-state index in [1.807, 2.05) is 0 Å². The minimum Gasteiger partial charge on any atom is -0.421 e. The Labute approximate surface area is 111 Å². The number of rotatable bonds is 4. The molecule has 0 unspecified atom stereocenters. The first-order valence-corrected chi connectivity index (χ1v) is 5.33. The highest BCUT2D eigenvalue weighted by Crippen LogP contribution is 2.28. The average molecular weight is 282 g/mol. The van der Waals surface area contributed by atoms with Crippen molar-refractivity contribution < 1.29 is 18.4 Å². The van der Waals surface area contributed by atoms with Crippen LogP contribution >= 0.6 is 0 Å². The zero-order chi connectivity index (χ0) is 14.7. The van der Waals surface area contributed by atoms with Gasteiger partial charge in [0.15, 0.2) is 11.6 Å². The van der Waals surface area contributed by atoms with Gasteiger partial charge >= 0.3 is 11.7 Å². The van der Waals surface area contributed by atoms with E-state index in [-0.39, 0.29) is 12.6 Å². The highest BCUT2D eigenvalue weighted by molar-refractivity contribution is 5.40. The number of nitrogens with zero attached hydrogens (tertiary/aromatic N) is 3. The maximum Gasteiger partial charge on any atom is 0.321 e. The second kappa shape index (κ2) is 5.53. The molecule has 2 N–H and O–H groups in total. The van der Waals surface area contributed by atoms with Crippen molar-refractivity contribution in [2.45, 2.75) is 6.54 Å². The van der Waals surface area contributed by atoms with Crippen molar-refractivity contribution in [3.63, 3.8) is 0 Å². The summed E-state index contributed by atoms with van der Waals surface area (Å²) in [5.74, 6) is -2.86. The molecule has 0 saturated carbocycles. The van der Waals surface area contributed by atoms with E-state index in [9.17, 15) is 18.9 Å². The number of benzene rings is 1. The molecule has 2 rings (SSSR count). The fraction of sp³-hybridized carbons (Fsp3) is 0.0909. The Kier molecular flexibility index (Phi) is 3.80. The first-order valence-electron chi connectivity index (χ1n) is 5.33. The van der Waals surface area contributed by atoms with Crippen LogP contribution in [-0.2, 0) is 6.54 Å². The Morgan fingerprint density at radius 1 is 1.25 bits per heavy atom. The Balaban J connectivity index is 2.29. The van der Waals surface area contributed by atoms with Gasteiger partial charge in [-0.1, -0.05) is 0 Å². The largest absolute Gasteiger partial charge is 0.421 e. The summed E-state index contributed by atoms with van der Waals surface area (Å²) in [6, 6.07) is 0.765. The van der Waals surface area contributed by atoms with E-state index in [0.717, 1.165) is 0 Å². The molecule has 20 heavy (non-hydrogen) atoms. The van der Waals surface area contributed by atoms with E-state index in [2.05, 4.69) is 9.97 Å². The van der Waals surface area contributed by atoms with Crippen molar-refractivity contribution in [1.29, 1.82) is 0 Å². The molecule has 0 fully saturated rings. The normalized spacial score (nSPS) is 10.3. The van der Waals surface area contributed by atoms with Gasteiger partial charge in [0.05, 0.1) is 11.0 Å². The van der Waals surface area contributed by atoms with Crippen molar-refractivity contribution >= 4 is 5.69 Å². The lowest BCUT2D eigenvalue weighted by Crippen LogP contribution is -2.01. The molecule has 7 nitrogen and oxygen atoms in total. The minimum atomic E-state index is -1.22. The van der Waals surface area contributed by atoms with Gasteiger partial charge in [-0.05, 0) is 0 Å². The lowest BCUT2D eigenvalue weighted by atomic mass is 10.3. The number of hydrogen-bond donors (Lipinski definition) is 1. The van der Waals surface area contributed by atoms with Crippen molar-refractivity contribution in [1.82, 2.24) is 9.97 Å². The molecule has 1 aromatic heterocycles. The van der Waals surface area contributed by atoms with Crippen LogP contribution in [0.4, 0.5) is 14.5 Å². The van der Waals surface area contributed by atoms with Crippen LogP contribution in [0.2, 0.25) is 0 Å². The van der Waals surface area contributed by atoms with Gasteiger partial charge < -0.3 is 10.5 Å². The molecule has 0 radical (unpaired) electrons. The number of aromatic nitrogens is 2. The SMILES string of the molecule is NCc1cnc(Oc2cc(F)c([N+](=O)[O-])cc2F)nc1. The van der Waals surface area contributed by atoms with Crippen LogP contribution < -0.4 is 10.5 Å². The van der Waals surface area contributed by atoms with E-state index >= 15 is 0 Å². The summed E-state index contributed by atoms with van der Waals surface area (Å²) in [5.41, 5.74) is 5.00. The Morgan fingerprint density at radius 2 is 1.90 bits per heavy atom. The average Bonchev–Trinajstić information content (AvgIpc) is 2.43. The Morgan fingerprint density at radius 3 is 2.45 bits per heavy atom. The number of hydrogen-bond acceptors (Lipinski definition) is 6. The molecule has 1 heterocycles. The molecule has 0 aliphatic rings. The summed E-state index contributed by atoms with van der Waals surface area (Å²) in [4.78, 5) is 16.9. The highest BCUT2D eigenvalue weighted by atomic mass is 19.1. The second-order valence-electron chi connectivity index (χ2n) is 3.67. The zero-order valence-electron chi connectivity index (χ0n) is 9.92. The van der Waals surface area contributed by atoms with Crippen molar-refractivity contribution in [3.05, 3.63) is 51.8 Å². The van der Waals surface area contributed by atoms with Crippen LogP contribution in [0.15, 0.2) is 24.5 Å². The molecule has 9 heteroatoms. The Bertz CT molecular complexity index is 649.